The first-order valence-corrected chi connectivity index (χ1v) is 13.2. The number of methoxy groups -OCH3 is 1. The van der Waals surface area contributed by atoms with Gasteiger partial charge < -0.3 is 19.1 Å². The van der Waals surface area contributed by atoms with E-state index in [0.29, 0.717) is 24.9 Å². The number of benzene rings is 2. The van der Waals surface area contributed by atoms with Gasteiger partial charge in [-0.15, -0.1) is 0 Å². The number of anilines is 1. The van der Waals surface area contributed by atoms with E-state index in [0.717, 1.165) is 48.8 Å². The van der Waals surface area contributed by atoms with Crippen LogP contribution in [0.3, 0.4) is 0 Å². The largest absolute Gasteiger partial charge is 0.497 e. The second kappa shape index (κ2) is 10.2. The summed E-state index contributed by atoms with van der Waals surface area (Å²) in [4.78, 5) is 22.1. The first-order chi connectivity index (χ1) is 16.7. The van der Waals surface area contributed by atoms with E-state index >= 15 is 0 Å². The Balaban J connectivity index is 1.39. The lowest BCUT2D eigenvalue weighted by atomic mass is 10.2. The van der Waals surface area contributed by atoms with E-state index in [9.17, 15) is 13.2 Å². The molecule has 4 rings (SSSR count). The quantitative estimate of drug-likeness (QED) is 0.496. The highest BCUT2D eigenvalue weighted by Gasteiger charge is 2.22. The van der Waals surface area contributed by atoms with Crippen molar-refractivity contribution in [3.63, 3.8) is 0 Å². The Morgan fingerprint density at radius 1 is 1.06 bits per heavy atom. The molecule has 0 spiro atoms. The lowest BCUT2D eigenvalue weighted by molar-refractivity contribution is -0.130. The Kier molecular flexibility index (Phi) is 7.32. The molecule has 0 atom stereocenters. The van der Waals surface area contributed by atoms with Gasteiger partial charge in [0.2, 0.25) is 15.9 Å². The second-order valence-electron chi connectivity index (χ2n) is 8.94. The molecule has 1 aliphatic rings. The molecule has 3 aromatic rings. The van der Waals surface area contributed by atoms with Crippen LogP contribution in [0.4, 0.5) is 5.69 Å². The molecule has 188 valence electrons. The third-order valence-corrected chi connectivity index (χ3v) is 8.38. The Morgan fingerprint density at radius 2 is 1.80 bits per heavy atom. The Labute approximate surface area is 206 Å². The fourth-order valence-electron chi connectivity index (χ4n) is 4.42. The summed E-state index contributed by atoms with van der Waals surface area (Å²) in [7, 11) is 3.04. The van der Waals surface area contributed by atoms with E-state index in [4.69, 9.17) is 4.74 Å². The van der Waals surface area contributed by atoms with E-state index in [1.54, 1.807) is 25.3 Å². The van der Waals surface area contributed by atoms with E-state index < -0.39 is 10.0 Å². The molecule has 35 heavy (non-hydrogen) atoms. The van der Waals surface area contributed by atoms with E-state index in [1.807, 2.05) is 28.6 Å². The summed E-state index contributed by atoms with van der Waals surface area (Å²) < 4.78 is 33.3. The van der Waals surface area contributed by atoms with Gasteiger partial charge in [0.15, 0.2) is 0 Å². The number of hydrogen-bond donors (Lipinski definition) is 0. The number of amides is 1. The highest BCUT2D eigenvalue weighted by atomic mass is 32.2. The number of sulfonamides is 1. The van der Waals surface area contributed by atoms with Crippen molar-refractivity contribution in [3.05, 3.63) is 48.3 Å². The van der Waals surface area contributed by atoms with Gasteiger partial charge in [0.05, 0.1) is 23.0 Å². The summed E-state index contributed by atoms with van der Waals surface area (Å²) >= 11 is 0. The molecule has 0 unspecified atom stereocenters. The predicted octanol–water partition coefficient (Wildman–Crippen LogP) is 2.50. The number of rotatable bonds is 7. The monoisotopic (exact) mass is 499 g/mol. The van der Waals surface area contributed by atoms with Crippen LogP contribution in [-0.4, -0.2) is 80.5 Å². The zero-order chi connectivity index (χ0) is 25.2. The van der Waals surface area contributed by atoms with Crippen LogP contribution in [-0.2, 0) is 28.3 Å². The molecular weight excluding hydrogens is 466 g/mol. The molecule has 0 saturated carbocycles. The second-order valence-corrected chi connectivity index (χ2v) is 11.1. The summed E-state index contributed by atoms with van der Waals surface area (Å²) in [6.07, 6.45) is 1.77. The number of hydrogen-bond acceptors (Lipinski definition) is 6. The van der Waals surface area contributed by atoms with Crippen molar-refractivity contribution in [2.45, 2.75) is 24.2 Å². The summed E-state index contributed by atoms with van der Waals surface area (Å²) in [5, 5.41) is 0. The summed E-state index contributed by atoms with van der Waals surface area (Å²) in [5.41, 5.74) is 2.59. The van der Waals surface area contributed by atoms with Crippen LogP contribution in [0.15, 0.2) is 47.4 Å². The van der Waals surface area contributed by atoms with Gasteiger partial charge in [0.25, 0.3) is 0 Å². The van der Waals surface area contributed by atoms with Crippen LogP contribution in [0.1, 0.15) is 18.7 Å². The molecule has 1 fully saturated rings. The Bertz CT molecular complexity index is 1300. The molecule has 0 bridgehead atoms. The number of carbonyl (C=O) groups excluding carboxylic acids is 1. The molecule has 1 saturated heterocycles. The molecule has 1 aromatic heterocycles. The van der Waals surface area contributed by atoms with Crippen molar-refractivity contribution in [2.24, 2.45) is 7.05 Å². The molecule has 0 N–H and O–H groups in total. The van der Waals surface area contributed by atoms with Crippen LogP contribution >= 0.6 is 0 Å². The van der Waals surface area contributed by atoms with Crippen LogP contribution in [0.25, 0.3) is 11.0 Å². The topological polar surface area (TPSA) is 88.0 Å². The van der Waals surface area contributed by atoms with E-state index in [2.05, 4.69) is 22.0 Å². The Hall–Kier alpha value is -3.11. The molecule has 2 heterocycles. The van der Waals surface area contributed by atoms with Gasteiger partial charge in [0.1, 0.15) is 11.6 Å². The average Bonchev–Trinajstić information content (AvgIpc) is 3.01. The minimum Gasteiger partial charge on any atom is -0.497 e. The molecule has 0 radical (unpaired) electrons. The van der Waals surface area contributed by atoms with Crippen molar-refractivity contribution in [1.29, 1.82) is 0 Å². The highest BCUT2D eigenvalue weighted by Crippen LogP contribution is 2.23. The molecule has 1 amide bonds. The summed E-state index contributed by atoms with van der Waals surface area (Å²) in [6, 6.07) is 13.0. The third kappa shape index (κ3) is 5.28. The molecule has 9 nitrogen and oxygen atoms in total. The van der Waals surface area contributed by atoms with E-state index in [1.165, 1.54) is 18.4 Å². The van der Waals surface area contributed by atoms with Crippen molar-refractivity contribution >= 4 is 32.7 Å². The third-order valence-electron chi connectivity index (χ3n) is 6.57. The van der Waals surface area contributed by atoms with Gasteiger partial charge in [-0.1, -0.05) is 0 Å². The summed E-state index contributed by atoms with van der Waals surface area (Å²) in [5.74, 6) is 1.71. The van der Waals surface area contributed by atoms with Gasteiger partial charge in [-0.25, -0.2) is 17.7 Å². The normalized spacial score (nSPS) is 15.0. The lowest BCUT2D eigenvalue weighted by Gasteiger charge is -2.24. The molecule has 2 aromatic carbocycles. The van der Waals surface area contributed by atoms with Crippen LogP contribution in [0.2, 0.25) is 0 Å². The number of imidazole rings is 1. The first-order valence-electron chi connectivity index (χ1n) is 11.8. The smallest absolute Gasteiger partial charge is 0.242 e. The number of ether oxygens (including phenoxy) is 1. The average molecular weight is 500 g/mol. The van der Waals surface area contributed by atoms with Gasteiger partial charge >= 0.3 is 0 Å². The van der Waals surface area contributed by atoms with Gasteiger partial charge in [-0.3, -0.25) is 4.79 Å². The predicted molar refractivity (Wildman–Crippen MR) is 136 cm³/mol. The zero-order valence-corrected chi connectivity index (χ0v) is 21.6. The maximum absolute atomic E-state index is 13.0. The van der Waals surface area contributed by atoms with Gasteiger partial charge in [0, 0.05) is 65.9 Å². The lowest BCUT2D eigenvalue weighted by Crippen LogP contribution is -2.35. The Morgan fingerprint density at radius 3 is 2.49 bits per heavy atom. The highest BCUT2D eigenvalue weighted by molar-refractivity contribution is 7.89. The van der Waals surface area contributed by atoms with Crippen LogP contribution in [0.5, 0.6) is 5.75 Å². The van der Waals surface area contributed by atoms with Crippen LogP contribution in [0, 0.1) is 0 Å². The summed E-state index contributed by atoms with van der Waals surface area (Å²) in [6.45, 7) is 3.10. The standard InChI is InChI=1S/C25H33N5O4S/c1-27(2)35(32,33)21-10-11-23-22(18-21)26-24(28(23)3)12-13-25(31)30-15-5-14-29(16-17-30)19-6-8-20(34-4)9-7-19/h6-11,18H,5,12-17H2,1-4H3. The fraction of sp³-hybridized carbons (Fsp3) is 0.440. The van der Waals surface area contributed by atoms with Crippen molar-refractivity contribution in [2.75, 3.05) is 52.3 Å². The number of aromatic nitrogens is 2. The van der Waals surface area contributed by atoms with Gasteiger partial charge in [-0.05, 0) is 48.9 Å². The number of aryl methyl sites for hydroxylation is 2. The molecule has 10 heteroatoms. The van der Waals surface area contributed by atoms with Crippen molar-refractivity contribution in [1.82, 2.24) is 18.8 Å². The minimum atomic E-state index is -3.53. The maximum atomic E-state index is 13.0. The zero-order valence-electron chi connectivity index (χ0n) is 20.8. The molecular formula is C25H33N5O4S. The van der Waals surface area contributed by atoms with Crippen molar-refractivity contribution in [3.8, 4) is 5.75 Å². The molecule has 1 aliphatic heterocycles. The van der Waals surface area contributed by atoms with Gasteiger partial charge in [-0.2, -0.15) is 0 Å². The maximum Gasteiger partial charge on any atom is 0.242 e. The van der Waals surface area contributed by atoms with Crippen molar-refractivity contribution < 1.29 is 17.9 Å². The van der Waals surface area contributed by atoms with E-state index in [-0.39, 0.29) is 10.8 Å². The van der Waals surface area contributed by atoms with Crippen LogP contribution < -0.4 is 9.64 Å². The molecule has 0 aliphatic carbocycles. The minimum absolute atomic E-state index is 0.115. The fourth-order valence-corrected chi connectivity index (χ4v) is 5.34. The number of nitrogens with zero attached hydrogens (tertiary/aromatic N) is 5. The SMILES string of the molecule is COc1ccc(N2CCCN(C(=O)CCc3nc4cc(S(=O)(=O)N(C)C)ccc4n3C)CC2)cc1. The first kappa shape index (κ1) is 25.0. The number of fused-ring (bicyclic) bond motifs is 1. The number of carbonyl (C=O) groups is 1.